The number of aryl methyl sites for hydroxylation is 1. The molecule has 4 heterocycles. The van der Waals surface area contributed by atoms with Crippen LogP contribution in [0.4, 0.5) is 0 Å². The molecule has 2 aromatic heterocycles. The zero-order valence-electron chi connectivity index (χ0n) is 16.7. The van der Waals surface area contributed by atoms with Gasteiger partial charge in [0.15, 0.2) is 0 Å². The number of hydrogen-bond acceptors (Lipinski definition) is 6. The Labute approximate surface area is 178 Å². The van der Waals surface area contributed by atoms with E-state index in [-0.39, 0.29) is 17.9 Å². The molecule has 156 valence electrons. The molecule has 0 aliphatic carbocycles. The molecule has 1 fully saturated rings. The van der Waals surface area contributed by atoms with Crippen LogP contribution >= 0.6 is 0 Å². The smallest absolute Gasteiger partial charge is 0.296 e. The van der Waals surface area contributed by atoms with Gasteiger partial charge in [0.1, 0.15) is 23.3 Å². The van der Waals surface area contributed by atoms with Crippen LogP contribution < -0.4 is 4.74 Å². The first-order valence-corrected chi connectivity index (χ1v) is 10.1. The zero-order valence-corrected chi connectivity index (χ0v) is 16.7. The van der Waals surface area contributed by atoms with Crippen LogP contribution in [0, 0.1) is 0 Å². The summed E-state index contributed by atoms with van der Waals surface area (Å²) in [6.45, 7) is 0.828. The lowest BCUT2D eigenvalue weighted by molar-refractivity contribution is -0.140. The number of ketones is 1. The summed E-state index contributed by atoms with van der Waals surface area (Å²) in [5, 5.41) is 11.1. The van der Waals surface area contributed by atoms with Gasteiger partial charge in [-0.25, -0.2) is 0 Å². The molecule has 2 aliphatic heterocycles. The summed E-state index contributed by atoms with van der Waals surface area (Å²) in [5.74, 6) is -0.458. The van der Waals surface area contributed by atoms with E-state index in [1.54, 1.807) is 42.7 Å². The van der Waals surface area contributed by atoms with Crippen molar-refractivity contribution in [3.63, 3.8) is 0 Å². The van der Waals surface area contributed by atoms with E-state index in [4.69, 9.17) is 9.15 Å². The van der Waals surface area contributed by atoms with E-state index >= 15 is 0 Å². The third-order valence-electron chi connectivity index (χ3n) is 5.61. The number of rotatable bonds is 4. The molecule has 7 nitrogen and oxygen atoms in total. The van der Waals surface area contributed by atoms with Crippen LogP contribution in [0.5, 0.6) is 5.75 Å². The van der Waals surface area contributed by atoms with Gasteiger partial charge in [-0.3, -0.25) is 14.6 Å². The van der Waals surface area contributed by atoms with E-state index in [0.29, 0.717) is 17.9 Å². The fourth-order valence-electron chi connectivity index (χ4n) is 4.14. The first-order chi connectivity index (χ1) is 15.1. The number of carbonyl (C=O) groups is 2. The van der Waals surface area contributed by atoms with Crippen molar-refractivity contribution in [1.29, 1.82) is 0 Å². The summed E-state index contributed by atoms with van der Waals surface area (Å²) < 4.78 is 11.2. The summed E-state index contributed by atoms with van der Waals surface area (Å²) in [6, 6.07) is 11.5. The van der Waals surface area contributed by atoms with Gasteiger partial charge in [0.25, 0.3) is 11.7 Å². The number of benzene rings is 1. The molecule has 1 N–H and O–H groups in total. The lowest BCUT2D eigenvalue weighted by atomic mass is 9.96. The van der Waals surface area contributed by atoms with Gasteiger partial charge in [0.05, 0.1) is 18.4 Å². The molecule has 1 amide bonds. The summed E-state index contributed by atoms with van der Waals surface area (Å²) in [4.78, 5) is 31.5. The summed E-state index contributed by atoms with van der Waals surface area (Å²) in [5.41, 5.74) is 2.22. The highest BCUT2D eigenvalue weighted by molar-refractivity contribution is 6.46. The predicted molar refractivity (Wildman–Crippen MR) is 111 cm³/mol. The van der Waals surface area contributed by atoms with Crippen LogP contribution in [0.1, 0.15) is 34.9 Å². The Kier molecular flexibility index (Phi) is 4.78. The van der Waals surface area contributed by atoms with Crippen molar-refractivity contribution in [3.8, 4) is 5.75 Å². The second-order valence-corrected chi connectivity index (χ2v) is 7.58. The summed E-state index contributed by atoms with van der Waals surface area (Å²) in [6.07, 6.45) is 6.48. The molecular formula is C24H20N2O5. The standard InChI is InChI=1S/C24H20N2O5/c27-22(17-7-8-18-16(12-17)5-2-10-30-18)20-21(19-6-3-11-31-19)26(24(29)23(20)28)14-15-4-1-9-25-13-15/h1,3-4,6-9,11-13,21,27H,2,5,10,14H2/b22-20-. The van der Waals surface area contributed by atoms with Crippen molar-refractivity contribution < 1.29 is 23.8 Å². The van der Waals surface area contributed by atoms with Gasteiger partial charge >= 0.3 is 0 Å². The second-order valence-electron chi connectivity index (χ2n) is 7.58. The van der Waals surface area contributed by atoms with Crippen LogP contribution in [-0.2, 0) is 22.6 Å². The Morgan fingerprint density at radius 3 is 2.87 bits per heavy atom. The predicted octanol–water partition coefficient (Wildman–Crippen LogP) is 3.62. The monoisotopic (exact) mass is 416 g/mol. The minimum atomic E-state index is -0.831. The summed E-state index contributed by atoms with van der Waals surface area (Å²) >= 11 is 0. The number of likely N-dealkylation sites (tertiary alicyclic amines) is 1. The molecule has 1 aromatic carbocycles. The van der Waals surface area contributed by atoms with Crippen LogP contribution in [-0.4, -0.2) is 33.3 Å². The van der Waals surface area contributed by atoms with Gasteiger partial charge in [0.2, 0.25) is 0 Å². The number of carbonyl (C=O) groups excluding carboxylic acids is 2. The number of hydrogen-bond donors (Lipinski definition) is 1. The minimum Gasteiger partial charge on any atom is -0.507 e. The SMILES string of the molecule is O=C1C(=O)N(Cc2cccnc2)C(c2ccco2)/C1=C(/O)c1ccc2c(c1)CCCO2. The second kappa shape index (κ2) is 7.75. The van der Waals surface area contributed by atoms with Crippen LogP contribution in [0.25, 0.3) is 5.76 Å². The fourth-order valence-corrected chi connectivity index (χ4v) is 4.14. The molecule has 0 spiro atoms. The average molecular weight is 416 g/mol. The van der Waals surface area contributed by atoms with Gasteiger partial charge < -0.3 is 19.2 Å². The van der Waals surface area contributed by atoms with E-state index in [1.807, 2.05) is 12.1 Å². The topological polar surface area (TPSA) is 92.9 Å². The molecule has 0 bridgehead atoms. The Morgan fingerprint density at radius 1 is 1.19 bits per heavy atom. The summed E-state index contributed by atoms with van der Waals surface area (Å²) in [7, 11) is 0. The van der Waals surface area contributed by atoms with Gasteiger partial charge in [0, 0.05) is 24.5 Å². The number of nitrogens with zero attached hydrogens (tertiary/aromatic N) is 2. The highest BCUT2D eigenvalue weighted by Gasteiger charge is 2.47. The normalized spacial score (nSPS) is 19.9. The third-order valence-corrected chi connectivity index (χ3v) is 5.61. The van der Waals surface area contributed by atoms with Gasteiger partial charge in [-0.1, -0.05) is 6.07 Å². The van der Waals surface area contributed by atoms with Crippen molar-refractivity contribution in [1.82, 2.24) is 9.88 Å². The molecule has 1 atom stereocenters. The molecule has 1 unspecified atom stereocenters. The molecular weight excluding hydrogens is 396 g/mol. The maximum absolute atomic E-state index is 13.0. The Morgan fingerprint density at radius 2 is 2.10 bits per heavy atom. The first kappa shape index (κ1) is 19.1. The van der Waals surface area contributed by atoms with Crippen LogP contribution in [0.15, 0.2) is 71.1 Å². The number of Topliss-reactive ketones (excluding diaryl/α,β-unsaturated/α-hetero) is 1. The van der Waals surface area contributed by atoms with Crippen LogP contribution in [0.3, 0.4) is 0 Å². The number of furan rings is 1. The van der Waals surface area contributed by atoms with Crippen molar-refractivity contribution in [2.45, 2.75) is 25.4 Å². The minimum absolute atomic E-state index is 0.0144. The largest absolute Gasteiger partial charge is 0.507 e. The number of amides is 1. The molecule has 3 aromatic rings. The number of fused-ring (bicyclic) bond motifs is 1. The van der Waals surface area contributed by atoms with Gasteiger partial charge in [-0.15, -0.1) is 0 Å². The maximum atomic E-state index is 13.0. The number of pyridine rings is 1. The quantitative estimate of drug-likeness (QED) is 0.397. The number of aliphatic hydroxyl groups excluding tert-OH is 1. The highest BCUT2D eigenvalue weighted by atomic mass is 16.5. The molecule has 5 rings (SSSR count). The van der Waals surface area contributed by atoms with Crippen molar-refractivity contribution in [3.05, 3.63) is 89.1 Å². The van der Waals surface area contributed by atoms with Crippen molar-refractivity contribution in [2.24, 2.45) is 0 Å². The zero-order chi connectivity index (χ0) is 21.4. The lowest BCUT2D eigenvalue weighted by Gasteiger charge is -2.23. The van der Waals surface area contributed by atoms with E-state index in [1.165, 1.54) is 11.2 Å². The maximum Gasteiger partial charge on any atom is 0.296 e. The highest BCUT2D eigenvalue weighted by Crippen LogP contribution is 2.41. The van der Waals surface area contributed by atoms with E-state index in [0.717, 1.165) is 29.7 Å². The van der Waals surface area contributed by atoms with Crippen molar-refractivity contribution >= 4 is 17.4 Å². The fraction of sp³-hybridized carbons (Fsp3) is 0.208. The molecule has 0 radical (unpaired) electrons. The number of aliphatic hydroxyl groups is 1. The lowest BCUT2D eigenvalue weighted by Crippen LogP contribution is -2.29. The number of aromatic nitrogens is 1. The Balaban J connectivity index is 1.60. The number of ether oxygens (including phenoxy) is 1. The molecule has 2 aliphatic rings. The van der Waals surface area contributed by atoms with Crippen molar-refractivity contribution in [2.75, 3.05) is 6.61 Å². The van der Waals surface area contributed by atoms with Gasteiger partial charge in [-0.05, 0) is 60.4 Å². The molecule has 0 saturated carbocycles. The van der Waals surface area contributed by atoms with Crippen LogP contribution in [0.2, 0.25) is 0 Å². The third kappa shape index (κ3) is 3.38. The van der Waals surface area contributed by atoms with E-state index in [2.05, 4.69) is 4.98 Å². The average Bonchev–Trinajstić information content (AvgIpc) is 3.42. The molecule has 7 heteroatoms. The van der Waals surface area contributed by atoms with E-state index in [9.17, 15) is 14.7 Å². The first-order valence-electron chi connectivity index (χ1n) is 10.1. The van der Waals surface area contributed by atoms with E-state index < -0.39 is 17.7 Å². The van der Waals surface area contributed by atoms with Gasteiger partial charge in [-0.2, -0.15) is 0 Å². The molecule has 1 saturated heterocycles. The molecule has 31 heavy (non-hydrogen) atoms. The Hall–Kier alpha value is -3.87. The Bertz CT molecular complexity index is 1170.